The second kappa shape index (κ2) is 16.4. The molecule has 2 aliphatic carbocycles. The average Bonchev–Trinajstić information content (AvgIpc) is 3.75. The topological polar surface area (TPSA) is 9.23 Å². The Balaban J connectivity index is 0.00000160. The van der Waals surface area contributed by atoms with Gasteiger partial charge in [0.15, 0.2) is 0 Å². The van der Waals surface area contributed by atoms with Crippen molar-refractivity contribution in [3.05, 3.63) is 174 Å². The molecule has 0 radical (unpaired) electrons. The first kappa shape index (κ1) is 36.1. The first-order valence-electron chi connectivity index (χ1n) is 15.7. The summed E-state index contributed by atoms with van der Waals surface area (Å²) in [5.41, 5.74) is 8.36. The van der Waals surface area contributed by atoms with Crippen molar-refractivity contribution >= 4 is 23.9 Å². The van der Waals surface area contributed by atoms with Crippen molar-refractivity contribution in [1.82, 2.24) is 0 Å². The number of halogens is 2. The quantitative estimate of drug-likeness (QED) is 0.155. The summed E-state index contributed by atoms with van der Waals surface area (Å²) < 4.78 is 7.91. The fraction of sp³-hybridized carbons (Fsp3) is 0.171. The van der Waals surface area contributed by atoms with Gasteiger partial charge in [-0.3, -0.25) is 0 Å². The molecule has 5 aromatic rings. The molecule has 2 atom stereocenters. The Labute approximate surface area is 306 Å². The van der Waals surface area contributed by atoms with Crippen LogP contribution in [0.25, 0.3) is 11.1 Å². The van der Waals surface area contributed by atoms with E-state index in [2.05, 4.69) is 159 Å². The molecule has 0 fully saturated rings. The van der Waals surface area contributed by atoms with Crippen LogP contribution in [0.4, 0.5) is 0 Å². The molecule has 5 aromatic carbocycles. The Morgan fingerprint density at radius 2 is 1.20 bits per heavy atom. The Morgan fingerprint density at radius 1 is 0.652 bits per heavy atom. The van der Waals surface area contributed by atoms with E-state index in [0.29, 0.717) is 5.92 Å². The third-order valence-corrected chi connectivity index (χ3v) is 13.4. The van der Waals surface area contributed by atoms with Gasteiger partial charge in [0.2, 0.25) is 0 Å². The van der Waals surface area contributed by atoms with E-state index in [9.17, 15) is 0 Å². The van der Waals surface area contributed by atoms with Gasteiger partial charge < -0.3 is 29.2 Å². The molecule has 0 aliphatic heterocycles. The maximum Gasteiger partial charge on any atom is 2.00 e. The molecule has 5 heteroatoms. The van der Waals surface area contributed by atoms with Crippen LogP contribution in [-0.2, 0) is 37.1 Å². The minimum Gasteiger partial charge on any atom is -1.00 e. The summed E-state index contributed by atoms with van der Waals surface area (Å²) >= 11 is 0. The monoisotopic (exact) mass is 734 g/mol. The second-order valence-corrected chi connectivity index (χ2v) is 15.2. The number of benzene rings is 5. The summed E-state index contributed by atoms with van der Waals surface area (Å²) in [6, 6.07) is 49.0. The van der Waals surface area contributed by atoms with Gasteiger partial charge in [0.1, 0.15) is 0 Å². The van der Waals surface area contributed by atoms with Gasteiger partial charge in [0.25, 0.3) is 8.32 Å². The van der Waals surface area contributed by atoms with E-state index in [-0.39, 0.29) is 57.1 Å². The summed E-state index contributed by atoms with van der Waals surface area (Å²) in [5, 5.41) is 3.83. The van der Waals surface area contributed by atoms with E-state index < -0.39 is 8.32 Å². The Hall–Kier alpha value is -2.78. The van der Waals surface area contributed by atoms with Crippen LogP contribution in [-0.4, -0.2) is 8.32 Å². The SMILES string of the molecule is CCC(CC(O[Si](c1ccccc1)(c1ccccc1)c1ccccc1)c1ccc2c(c1)-c1ccccc1C2)C1=CC=CC1.[Cl-].[Cl-].[Zr+2]. The van der Waals surface area contributed by atoms with E-state index in [1.807, 2.05) is 0 Å². The number of rotatable bonds is 10. The van der Waals surface area contributed by atoms with Crippen molar-refractivity contribution in [3.63, 3.8) is 0 Å². The van der Waals surface area contributed by atoms with Crippen LogP contribution in [0.5, 0.6) is 0 Å². The predicted molar refractivity (Wildman–Crippen MR) is 183 cm³/mol. The van der Waals surface area contributed by atoms with Crippen LogP contribution in [0.15, 0.2) is 157 Å². The van der Waals surface area contributed by atoms with Crippen molar-refractivity contribution < 1.29 is 55.4 Å². The van der Waals surface area contributed by atoms with E-state index in [1.165, 1.54) is 49.0 Å². The van der Waals surface area contributed by atoms with Crippen LogP contribution in [0.1, 0.15) is 49.0 Å². The van der Waals surface area contributed by atoms with Crippen molar-refractivity contribution in [3.8, 4) is 11.1 Å². The van der Waals surface area contributed by atoms with Crippen LogP contribution in [0, 0.1) is 5.92 Å². The summed E-state index contributed by atoms with van der Waals surface area (Å²) in [4.78, 5) is 0. The molecule has 0 saturated heterocycles. The van der Waals surface area contributed by atoms with E-state index in [1.54, 1.807) is 0 Å². The van der Waals surface area contributed by atoms with Crippen molar-refractivity contribution in [2.24, 2.45) is 5.92 Å². The number of allylic oxidation sites excluding steroid dienone is 4. The number of fused-ring (bicyclic) bond motifs is 3. The second-order valence-electron chi connectivity index (χ2n) is 11.9. The molecule has 230 valence electrons. The van der Waals surface area contributed by atoms with E-state index >= 15 is 0 Å². The Kier molecular flexibility index (Phi) is 12.8. The zero-order valence-electron chi connectivity index (χ0n) is 26.1. The average molecular weight is 737 g/mol. The zero-order chi connectivity index (χ0) is 29.1. The summed E-state index contributed by atoms with van der Waals surface area (Å²) in [5.74, 6) is 0.453. The molecule has 2 unspecified atom stereocenters. The molecular weight excluding hydrogens is 699 g/mol. The predicted octanol–water partition coefficient (Wildman–Crippen LogP) is 2.29. The largest absolute Gasteiger partial charge is 2.00 e. The molecule has 0 spiro atoms. The first-order chi connectivity index (χ1) is 21.3. The minimum atomic E-state index is -2.92. The van der Waals surface area contributed by atoms with Crippen molar-refractivity contribution in [2.75, 3.05) is 0 Å². The Morgan fingerprint density at radius 3 is 1.74 bits per heavy atom. The standard InChI is InChI=1S/C41H38OSi.2ClH.Zr/c1-2-31(32-16-12-13-17-32)30-41(35-27-26-34-28-33-18-14-15-25-39(33)40(34)29-35)42-43(36-19-6-3-7-20-36,37-21-8-4-9-22-37)38-23-10-5-11-24-38;;;/h3-16,18-27,29,31,41H,2,17,28,30H2,1H3;2*1H;/q;;;+2/p-2. The summed E-state index contributed by atoms with van der Waals surface area (Å²) in [6.07, 6.45) is 10.9. The molecule has 0 heterocycles. The molecule has 7 rings (SSSR count). The Bertz CT molecular complexity index is 1680. The molecule has 46 heavy (non-hydrogen) atoms. The van der Waals surface area contributed by atoms with Gasteiger partial charge >= 0.3 is 26.2 Å². The zero-order valence-corrected chi connectivity index (χ0v) is 31.1. The van der Waals surface area contributed by atoms with Gasteiger partial charge in [-0.1, -0.05) is 158 Å². The third kappa shape index (κ3) is 7.05. The van der Waals surface area contributed by atoms with Crippen LogP contribution >= 0.6 is 0 Å². The van der Waals surface area contributed by atoms with Crippen LogP contribution in [0.3, 0.4) is 0 Å². The first-order valence-corrected chi connectivity index (χ1v) is 17.6. The third-order valence-electron chi connectivity index (χ3n) is 9.37. The maximum absolute atomic E-state index is 7.91. The fourth-order valence-electron chi connectivity index (χ4n) is 7.14. The van der Waals surface area contributed by atoms with E-state index in [0.717, 1.165) is 25.7 Å². The van der Waals surface area contributed by atoms with Crippen LogP contribution < -0.4 is 40.4 Å². The van der Waals surface area contributed by atoms with Gasteiger partial charge in [-0.2, -0.15) is 0 Å². The molecule has 0 bridgehead atoms. The summed E-state index contributed by atoms with van der Waals surface area (Å²) in [7, 11) is -2.92. The van der Waals surface area contributed by atoms with E-state index in [4.69, 9.17) is 4.43 Å². The summed E-state index contributed by atoms with van der Waals surface area (Å²) in [6.45, 7) is 2.33. The maximum atomic E-state index is 7.91. The molecule has 1 nitrogen and oxygen atoms in total. The van der Waals surface area contributed by atoms with Crippen LogP contribution in [0.2, 0.25) is 0 Å². The van der Waals surface area contributed by atoms with Gasteiger partial charge in [-0.05, 0) is 81.0 Å². The van der Waals surface area contributed by atoms with Crippen molar-refractivity contribution in [1.29, 1.82) is 0 Å². The minimum absolute atomic E-state index is 0. The smallest absolute Gasteiger partial charge is 1.00 e. The van der Waals surface area contributed by atoms with Gasteiger partial charge in [-0.25, -0.2) is 0 Å². The fourth-order valence-corrected chi connectivity index (χ4v) is 11.2. The molecule has 0 saturated carbocycles. The number of hydrogen-bond acceptors (Lipinski definition) is 1. The van der Waals surface area contributed by atoms with Crippen molar-refractivity contribution in [2.45, 2.75) is 38.7 Å². The number of hydrogen-bond donors (Lipinski definition) is 0. The molecule has 0 aromatic heterocycles. The van der Waals surface area contributed by atoms with Gasteiger partial charge in [-0.15, -0.1) is 0 Å². The molecule has 0 amide bonds. The van der Waals surface area contributed by atoms with Gasteiger partial charge in [0, 0.05) is 0 Å². The molecule has 0 N–H and O–H groups in total. The normalized spacial score (nSPS) is 14.1. The van der Waals surface area contributed by atoms with Gasteiger partial charge in [0.05, 0.1) is 6.10 Å². The molecule has 2 aliphatic rings. The molecular formula is C41H38Cl2OSiZr.